The molecule has 1 unspecified atom stereocenters. The summed E-state index contributed by atoms with van der Waals surface area (Å²) in [6.45, 7) is 9.12. The lowest BCUT2D eigenvalue weighted by Crippen LogP contribution is -2.27. The third-order valence-corrected chi connectivity index (χ3v) is 9.46. The predicted molar refractivity (Wildman–Crippen MR) is 132 cm³/mol. The van der Waals surface area contributed by atoms with Gasteiger partial charge in [0.15, 0.2) is 0 Å². The highest BCUT2D eigenvalue weighted by Crippen LogP contribution is 2.57. The number of carbonyl (C=O) groups is 1. The van der Waals surface area contributed by atoms with Gasteiger partial charge in [0.05, 0.1) is 5.56 Å². The lowest BCUT2D eigenvalue weighted by Gasteiger charge is -2.33. The molecule has 1 aromatic heterocycles. The highest BCUT2D eigenvalue weighted by Gasteiger charge is 2.45. The van der Waals surface area contributed by atoms with Gasteiger partial charge in [0.1, 0.15) is 17.8 Å². The molecule has 174 valence electrons. The van der Waals surface area contributed by atoms with E-state index in [1.165, 1.54) is 6.42 Å². The number of ether oxygens (including phenoxy) is 1. The van der Waals surface area contributed by atoms with Gasteiger partial charge in [0.25, 0.3) is 15.8 Å². The Bertz CT molecular complexity index is 1090. The van der Waals surface area contributed by atoms with Crippen LogP contribution in [0.5, 0.6) is 5.88 Å². The van der Waals surface area contributed by atoms with Crippen LogP contribution in [-0.4, -0.2) is 11.0 Å². The fourth-order valence-corrected chi connectivity index (χ4v) is 8.10. The van der Waals surface area contributed by atoms with Gasteiger partial charge in [-0.2, -0.15) is 4.98 Å². The maximum atomic E-state index is 12.6. The number of aromatic nitrogens is 1. The molecule has 3 aromatic rings. The van der Waals surface area contributed by atoms with Crippen LogP contribution in [0.3, 0.4) is 0 Å². The lowest BCUT2D eigenvalue weighted by molar-refractivity contribution is -0.254. The summed E-state index contributed by atoms with van der Waals surface area (Å²) in [5.41, 5.74) is 3.12. The van der Waals surface area contributed by atoms with E-state index in [1.54, 1.807) is 0 Å². The van der Waals surface area contributed by atoms with Gasteiger partial charge < -0.3 is 14.6 Å². The molecular weight excluding hydrogens is 430 g/mol. The van der Waals surface area contributed by atoms with E-state index >= 15 is 0 Å². The molecule has 0 radical (unpaired) electrons. The average Bonchev–Trinajstić information content (AvgIpc) is 3.18. The molecular formula is C28H33NO3S. The van der Waals surface area contributed by atoms with E-state index in [0.29, 0.717) is 17.8 Å². The molecule has 0 spiro atoms. The zero-order valence-electron chi connectivity index (χ0n) is 19.9. The molecule has 1 saturated carbocycles. The summed E-state index contributed by atoms with van der Waals surface area (Å²) < 4.78 is 6.06. The van der Waals surface area contributed by atoms with Crippen LogP contribution in [-0.2, 0) is 6.61 Å². The second-order valence-electron chi connectivity index (χ2n) is 9.68. The summed E-state index contributed by atoms with van der Waals surface area (Å²) in [7, 11) is -0.694. The highest BCUT2D eigenvalue weighted by atomic mass is 32.2. The fourth-order valence-electron chi connectivity index (χ4n) is 4.95. The zero-order chi connectivity index (χ0) is 23.5. The molecule has 4 rings (SSSR count). The minimum atomic E-state index is -1.16. The molecule has 0 bridgehead atoms. The molecule has 0 amide bonds. The number of hydrogen-bond acceptors (Lipinski definition) is 4. The second kappa shape index (κ2) is 10.1. The van der Waals surface area contributed by atoms with E-state index in [-0.39, 0.29) is 22.6 Å². The van der Waals surface area contributed by atoms with Crippen molar-refractivity contribution >= 4 is 16.4 Å². The third kappa shape index (κ3) is 5.14. The van der Waals surface area contributed by atoms with Gasteiger partial charge >= 0.3 is 0 Å². The van der Waals surface area contributed by atoms with Crippen LogP contribution in [0.15, 0.2) is 54.6 Å². The largest absolute Gasteiger partial charge is 0.540 e. The number of aryl methyl sites for hydroxylation is 1. The predicted octanol–water partition coefficient (Wildman–Crippen LogP) is 6.38. The molecule has 1 heterocycles. The molecule has 4 nitrogen and oxygen atoms in total. The Kier molecular flexibility index (Phi) is 7.18. The van der Waals surface area contributed by atoms with Gasteiger partial charge in [-0.3, -0.25) is 0 Å². The van der Waals surface area contributed by atoms with Crippen molar-refractivity contribution in [2.45, 2.75) is 58.8 Å². The highest BCUT2D eigenvalue weighted by molar-refractivity contribution is 7.36. The Balaban J connectivity index is 1.85. The Morgan fingerprint density at radius 2 is 1.82 bits per heavy atom. The first kappa shape index (κ1) is 23.5. The number of benzene rings is 2. The normalized spacial score (nSPS) is 21.2. The maximum Gasteiger partial charge on any atom is 0.282 e. The monoisotopic (exact) mass is 463 g/mol. The number of aromatic carboxylic acids is 1. The van der Waals surface area contributed by atoms with Crippen molar-refractivity contribution in [3.63, 3.8) is 0 Å². The van der Waals surface area contributed by atoms with Crippen molar-refractivity contribution < 1.29 is 14.6 Å². The Hall–Kier alpha value is -2.66. The van der Waals surface area contributed by atoms with Crippen molar-refractivity contribution in [1.29, 1.82) is 0 Å². The number of carbonyl (C=O) groups excluding carboxylic acids is 1. The number of rotatable bonds is 7. The molecule has 0 aliphatic heterocycles. The summed E-state index contributed by atoms with van der Waals surface area (Å²) in [4.78, 5) is 17.6. The lowest BCUT2D eigenvalue weighted by atomic mass is 9.77. The summed E-state index contributed by atoms with van der Waals surface area (Å²) in [5.74, 6) is 0.551. The van der Waals surface area contributed by atoms with Gasteiger partial charge in [-0.25, -0.2) is 0 Å². The average molecular weight is 464 g/mol. The summed E-state index contributed by atoms with van der Waals surface area (Å²) in [6.07, 6.45) is 3.31. The van der Waals surface area contributed by atoms with Crippen molar-refractivity contribution in [2.24, 2.45) is 17.8 Å². The van der Waals surface area contributed by atoms with Crippen molar-refractivity contribution in [3.05, 3.63) is 70.6 Å². The number of carboxylic acid groups (broad SMARTS) is 1. The minimum absolute atomic E-state index is 0.221. The quantitative estimate of drug-likeness (QED) is 0.381. The molecule has 0 N–H and O–H groups in total. The van der Waals surface area contributed by atoms with Crippen LogP contribution in [0.25, 0.3) is 10.6 Å². The Morgan fingerprint density at radius 1 is 1.12 bits per heavy atom. The minimum Gasteiger partial charge on any atom is -0.540 e. The van der Waals surface area contributed by atoms with Gasteiger partial charge in [0, 0.05) is 22.8 Å². The third-order valence-electron chi connectivity index (χ3n) is 6.79. The van der Waals surface area contributed by atoms with E-state index < -0.39 is 16.4 Å². The van der Waals surface area contributed by atoms with Crippen LogP contribution in [0.4, 0.5) is 0 Å². The first-order valence-corrected chi connectivity index (χ1v) is 13.1. The van der Waals surface area contributed by atoms with Gasteiger partial charge in [-0.05, 0) is 42.9 Å². The fraction of sp³-hybridized carbons (Fsp3) is 0.429. The van der Waals surface area contributed by atoms with E-state index in [0.717, 1.165) is 34.5 Å². The van der Waals surface area contributed by atoms with Gasteiger partial charge in [-0.15, -0.1) is 0 Å². The van der Waals surface area contributed by atoms with Gasteiger partial charge in [-0.1, -0.05) is 75.2 Å². The Labute approximate surface area is 199 Å². The molecule has 4 atom stereocenters. The van der Waals surface area contributed by atoms with Gasteiger partial charge in [0.2, 0.25) is 0 Å². The van der Waals surface area contributed by atoms with Crippen molar-refractivity contribution in [1.82, 2.24) is 4.98 Å². The van der Waals surface area contributed by atoms with Crippen LogP contribution in [0.1, 0.15) is 66.1 Å². The van der Waals surface area contributed by atoms with E-state index in [9.17, 15) is 9.90 Å². The molecule has 33 heavy (non-hydrogen) atoms. The molecule has 0 saturated heterocycles. The number of carboxylic acids is 1. The summed E-state index contributed by atoms with van der Waals surface area (Å²) >= 11 is 0. The summed E-state index contributed by atoms with van der Waals surface area (Å²) in [6, 6.07) is 18.0. The van der Waals surface area contributed by atoms with E-state index in [4.69, 9.17) is 9.72 Å². The number of thiazole rings is 1. The van der Waals surface area contributed by atoms with Crippen LogP contribution < -0.4 is 9.84 Å². The second-order valence-corrected chi connectivity index (χ2v) is 11.8. The standard InChI is InChI=1S/C28H33NO3S/c1-18(2)23-15-12-20(4)16-24(23)33-25(28(30)31)26(32-17-21-8-6-5-7-9-21)29-27(33)22-13-10-19(3)11-14-22/h5-11,13-14,18,20,23-24H,12,15-17H2,1-4H3/t20-,23+,24-,33?/m1/s1. The summed E-state index contributed by atoms with van der Waals surface area (Å²) in [5, 5.41) is 13.6. The molecule has 1 fully saturated rings. The smallest absolute Gasteiger partial charge is 0.282 e. The van der Waals surface area contributed by atoms with Crippen LogP contribution in [0.2, 0.25) is 0 Å². The van der Waals surface area contributed by atoms with Crippen molar-refractivity contribution in [2.75, 3.05) is 0 Å². The maximum absolute atomic E-state index is 12.6. The first-order chi connectivity index (χ1) is 15.8. The molecule has 1 aliphatic carbocycles. The van der Waals surface area contributed by atoms with E-state index in [2.05, 4.69) is 52.0 Å². The zero-order valence-corrected chi connectivity index (χ0v) is 20.7. The topological polar surface area (TPSA) is 62.2 Å². The van der Waals surface area contributed by atoms with E-state index in [1.807, 2.05) is 30.3 Å². The Morgan fingerprint density at radius 3 is 2.45 bits per heavy atom. The number of nitrogens with zero attached hydrogens (tertiary/aromatic N) is 1. The van der Waals surface area contributed by atoms with Crippen LogP contribution >= 0.6 is 10.5 Å². The number of hydrogen-bond donors (Lipinski definition) is 0. The van der Waals surface area contributed by atoms with Crippen LogP contribution in [0, 0.1) is 24.7 Å². The molecule has 2 aromatic carbocycles. The van der Waals surface area contributed by atoms with Crippen molar-refractivity contribution in [3.8, 4) is 16.5 Å². The first-order valence-electron chi connectivity index (χ1n) is 11.9. The molecule has 5 heteroatoms. The SMILES string of the molecule is Cc1ccc(-c2nc(OCc3ccccc3)c(C(=O)[O-])[s+]2[C@@H]2C[C@H](C)CC[C@H]2C(C)C)cc1. The molecule has 1 aliphatic rings.